The van der Waals surface area contributed by atoms with Crippen LogP contribution in [0.25, 0.3) is 0 Å². The van der Waals surface area contributed by atoms with Crippen molar-refractivity contribution < 1.29 is 18.0 Å². The molecule has 0 amide bonds. The van der Waals surface area contributed by atoms with Crippen molar-refractivity contribution in [2.45, 2.75) is 13.1 Å². The number of Topliss-reactive ketones (excluding diaryl/α,β-unsaturated/α-hetero) is 1. The molecule has 0 aromatic heterocycles. The minimum Gasteiger partial charge on any atom is -0.394 e. The van der Waals surface area contributed by atoms with Crippen LogP contribution in [0.3, 0.4) is 0 Å². The third-order valence-electron chi connectivity index (χ3n) is 2.09. The zero-order chi connectivity index (χ0) is 12.3. The predicted octanol–water partition coefficient (Wildman–Crippen LogP) is 2.66. The Hall–Kier alpha value is -1.78. The van der Waals surface area contributed by atoms with E-state index in [1.165, 1.54) is 12.1 Å². The lowest BCUT2D eigenvalue weighted by molar-refractivity contribution is -0.0933. The second kappa shape index (κ2) is 4.38. The molecule has 0 bridgehead atoms. The molecule has 1 aromatic rings. The predicted molar refractivity (Wildman–Crippen MR) is 53.7 cm³/mol. The van der Waals surface area contributed by atoms with Gasteiger partial charge in [0.1, 0.15) is 5.70 Å². The van der Waals surface area contributed by atoms with Crippen molar-refractivity contribution in [2.75, 3.05) is 0 Å². The Morgan fingerprint density at radius 3 is 2.12 bits per heavy atom. The number of carbonyl (C=O) groups is 1. The molecule has 0 fully saturated rings. The van der Waals surface area contributed by atoms with Crippen molar-refractivity contribution in [1.82, 2.24) is 0 Å². The Morgan fingerprint density at radius 1 is 1.19 bits per heavy atom. The summed E-state index contributed by atoms with van der Waals surface area (Å²) in [5, 5.41) is 0. The van der Waals surface area contributed by atoms with E-state index in [0.717, 1.165) is 6.92 Å². The van der Waals surface area contributed by atoms with E-state index >= 15 is 0 Å². The maximum absolute atomic E-state index is 12.2. The minimum absolute atomic E-state index is 0.187. The van der Waals surface area contributed by atoms with Gasteiger partial charge in [0.2, 0.25) is 0 Å². The molecule has 5 heteroatoms. The second-order valence-electron chi connectivity index (χ2n) is 3.23. The standard InChI is InChI=1S/C11H10F3NO/c1-7(10(15)11(12,13)14)9(16)8-5-3-2-4-6-8/h2-6H,15H2,1H3/b10-7-. The Kier molecular flexibility index (Phi) is 3.37. The summed E-state index contributed by atoms with van der Waals surface area (Å²) in [6.45, 7) is 1.07. The first-order valence-corrected chi connectivity index (χ1v) is 4.47. The lowest BCUT2D eigenvalue weighted by Crippen LogP contribution is -2.23. The van der Waals surface area contributed by atoms with Crippen LogP contribution in [0.1, 0.15) is 17.3 Å². The first-order valence-electron chi connectivity index (χ1n) is 4.47. The summed E-state index contributed by atoms with van der Waals surface area (Å²) >= 11 is 0. The molecule has 0 saturated heterocycles. The smallest absolute Gasteiger partial charge is 0.394 e. The fourth-order valence-corrected chi connectivity index (χ4v) is 1.14. The lowest BCUT2D eigenvalue weighted by atomic mass is 10.0. The van der Waals surface area contributed by atoms with Crippen LogP contribution in [0, 0.1) is 0 Å². The van der Waals surface area contributed by atoms with E-state index in [-0.39, 0.29) is 5.56 Å². The highest BCUT2D eigenvalue weighted by Gasteiger charge is 2.34. The van der Waals surface area contributed by atoms with Crippen LogP contribution >= 0.6 is 0 Å². The van der Waals surface area contributed by atoms with Gasteiger partial charge in [-0.2, -0.15) is 13.2 Å². The van der Waals surface area contributed by atoms with E-state index in [9.17, 15) is 18.0 Å². The van der Waals surface area contributed by atoms with Crippen molar-refractivity contribution in [1.29, 1.82) is 0 Å². The summed E-state index contributed by atoms with van der Waals surface area (Å²) in [6, 6.07) is 7.70. The number of rotatable bonds is 2. The minimum atomic E-state index is -4.67. The highest BCUT2D eigenvalue weighted by molar-refractivity contribution is 6.08. The summed E-state index contributed by atoms with van der Waals surface area (Å²) in [5.74, 6) is -0.713. The van der Waals surface area contributed by atoms with Crippen molar-refractivity contribution in [2.24, 2.45) is 5.73 Å². The number of benzene rings is 1. The van der Waals surface area contributed by atoms with Gasteiger partial charge in [0.15, 0.2) is 5.78 Å². The molecule has 0 spiro atoms. The third-order valence-corrected chi connectivity index (χ3v) is 2.09. The quantitative estimate of drug-likeness (QED) is 0.625. The summed E-state index contributed by atoms with van der Waals surface area (Å²) < 4.78 is 36.7. The number of halogens is 3. The number of ketones is 1. The fourth-order valence-electron chi connectivity index (χ4n) is 1.14. The van der Waals surface area contributed by atoms with Gasteiger partial charge in [0.25, 0.3) is 0 Å². The first-order chi connectivity index (χ1) is 7.34. The molecule has 16 heavy (non-hydrogen) atoms. The number of carbonyl (C=O) groups excluding carboxylic acids is 1. The zero-order valence-electron chi connectivity index (χ0n) is 8.51. The monoisotopic (exact) mass is 229 g/mol. The second-order valence-corrected chi connectivity index (χ2v) is 3.23. The van der Waals surface area contributed by atoms with E-state index < -0.39 is 23.2 Å². The summed E-state index contributed by atoms with van der Waals surface area (Å²) in [5.41, 5.74) is 3.22. The molecule has 1 rings (SSSR count). The van der Waals surface area contributed by atoms with Gasteiger partial charge in [0, 0.05) is 11.1 Å². The van der Waals surface area contributed by atoms with Gasteiger partial charge in [-0.25, -0.2) is 0 Å². The van der Waals surface area contributed by atoms with Crippen LogP contribution in [0.4, 0.5) is 13.2 Å². The highest BCUT2D eigenvalue weighted by Crippen LogP contribution is 2.25. The average molecular weight is 229 g/mol. The van der Waals surface area contributed by atoms with Crippen LogP contribution in [-0.2, 0) is 0 Å². The normalized spacial score (nSPS) is 13.2. The average Bonchev–Trinajstić information content (AvgIpc) is 2.26. The van der Waals surface area contributed by atoms with Crippen molar-refractivity contribution in [3.05, 3.63) is 47.2 Å². The molecule has 0 atom stereocenters. The molecular formula is C11H10F3NO. The van der Waals surface area contributed by atoms with Crippen LogP contribution in [0.15, 0.2) is 41.6 Å². The molecule has 2 N–H and O–H groups in total. The topological polar surface area (TPSA) is 43.1 Å². The van der Waals surface area contributed by atoms with Crippen molar-refractivity contribution >= 4 is 5.78 Å². The molecular weight excluding hydrogens is 219 g/mol. The molecule has 1 aromatic carbocycles. The van der Waals surface area contributed by atoms with Crippen LogP contribution in [-0.4, -0.2) is 12.0 Å². The molecule has 2 nitrogen and oxygen atoms in total. The zero-order valence-corrected chi connectivity index (χ0v) is 8.51. The van der Waals surface area contributed by atoms with Gasteiger partial charge >= 0.3 is 6.18 Å². The van der Waals surface area contributed by atoms with Gasteiger partial charge in [-0.3, -0.25) is 4.79 Å². The van der Waals surface area contributed by atoms with Gasteiger partial charge in [-0.15, -0.1) is 0 Å². The Balaban J connectivity index is 3.09. The van der Waals surface area contributed by atoms with Crippen LogP contribution < -0.4 is 5.73 Å². The fraction of sp³-hybridized carbons (Fsp3) is 0.182. The van der Waals surface area contributed by atoms with Gasteiger partial charge in [-0.05, 0) is 6.92 Å². The number of hydrogen-bond acceptors (Lipinski definition) is 2. The molecule has 0 aliphatic rings. The Bertz CT molecular complexity index is 421. The van der Waals surface area contributed by atoms with Crippen LogP contribution in [0.5, 0.6) is 0 Å². The Morgan fingerprint density at radius 2 is 1.69 bits per heavy atom. The molecule has 0 radical (unpaired) electrons. The van der Waals surface area contributed by atoms with E-state index in [1.807, 2.05) is 0 Å². The summed E-state index contributed by atoms with van der Waals surface area (Å²) in [7, 11) is 0. The molecule has 86 valence electrons. The number of nitrogens with two attached hydrogens (primary N) is 1. The van der Waals surface area contributed by atoms with E-state index in [2.05, 4.69) is 0 Å². The number of hydrogen-bond donors (Lipinski definition) is 1. The van der Waals surface area contributed by atoms with Gasteiger partial charge in [-0.1, -0.05) is 30.3 Å². The maximum atomic E-state index is 12.2. The molecule has 0 aliphatic heterocycles. The molecule has 0 saturated carbocycles. The highest BCUT2D eigenvalue weighted by atomic mass is 19.4. The summed E-state index contributed by atoms with van der Waals surface area (Å²) in [4.78, 5) is 11.6. The molecule has 0 aliphatic carbocycles. The summed E-state index contributed by atoms with van der Waals surface area (Å²) in [6.07, 6.45) is -4.67. The van der Waals surface area contributed by atoms with Gasteiger partial charge in [0.05, 0.1) is 0 Å². The lowest BCUT2D eigenvalue weighted by Gasteiger charge is -2.10. The molecule has 0 unspecified atom stereocenters. The number of allylic oxidation sites excluding steroid dienone is 2. The first kappa shape index (κ1) is 12.3. The number of alkyl halides is 3. The SMILES string of the molecule is C/C(C(=O)c1ccccc1)=C(/N)C(F)(F)F. The van der Waals surface area contributed by atoms with E-state index in [4.69, 9.17) is 5.73 Å². The largest absolute Gasteiger partial charge is 0.431 e. The van der Waals surface area contributed by atoms with Crippen molar-refractivity contribution in [3.63, 3.8) is 0 Å². The van der Waals surface area contributed by atoms with Gasteiger partial charge < -0.3 is 5.73 Å². The van der Waals surface area contributed by atoms with E-state index in [0.29, 0.717) is 0 Å². The Labute approximate surface area is 90.6 Å². The van der Waals surface area contributed by atoms with E-state index in [1.54, 1.807) is 18.2 Å². The molecule has 0 heterocycles. The third kappa shape index (κ3) is 2.62. The maximum Gasteiger partial charge on any atom is 0.431 e. The van der Waals surface area contributed by atoms with Crippen LogP contribution in [0.2, 0.25) is 0 Å². The van der Waals surface area contributed by atoms with Crippen molar-refractivity contribution in [3.8, 4) is 0 Å².